The van der Waals surface area contributed by atoms with Crippen molar-refractivity contribution in [1.29, 1.82) is 0 Å². The molecule has 0 amide bonds. The van der Waals surface area contributed by atoms with Crippen LogP contribution < -0.4 is 10.5 Å². The Hall–Kier alpha value is -1.61. The summed E-state index contributed by atoms with van der Waals surface area (Å²) in [4.78, 5) is 4.30. The van der Waals surface area contributed by atoms with Crippen LogP contribution in [0.2, 0.25) is 0 Å². The highest BCUT2D eigenvalue weighted by Crippen LogP contribution is 2.25. The number of aromatic nitrogens is 1. The van der Waals surface area contributed by atoms with E-state index in [2.05, 4.69) is 18.8 Å². The van der Waals surface area contributed by atoms with E-state index < -0.39 is 0 Å². The van der Waals surface area contributed by atoms with Gasteiger partial charge >= 0.3 is 0 Å². The number of nitrogens with two attached hydrogens (primary N) is 1. The third-order valence-corrected chi connectivity index (χ3v) is 2.78. The van der Waals surface area contributed by atoms with Crippen LogP contribution in [0.4, 0.5) is 0 Å². The summed E-state index contributed by atoms with van der Waals surface area (Å²) in [5.74, 6) is 0.872. The second-order valence-corrected chi connectivity index (χ2v) is 4.98. The van der Waals surface area contributed by atoms with Gasteiger partial charge in [0.1, 0.15) is 5.75 Å². The number of ether oxygens (including phenoxy) is 1. The van der Waals surface area contributed by atoms with Crippen molar-refractivity contribution < 1.29 is 4.74 Å². The average molecular weight is 230 g/mol. The Bertz CT molecular complexity index is 503. The smallest absolute Gasteiger partial charge is 0.128 e. The Kier molecular flexibility index (Phi) is 3.29. The van der Waals surface area contributed by atoms with Crippen molar-refractivity contribution in [3.05, 3.63) is 36.5 Å². The van der Waals surface area contributed by atoms with Crippen LogP contribution in [0.5, 0.6) is 5.75 Å². The summed E-state index contributed by atoms with van der Waals surface area (Å²) in [5.41, 5.74) is 6.64. The summed E-state index contributed by atoms with van der Waals surface area (Å²) in [6.07, 6.45) is 1.79. The third kappa shape index (κ3) is 2.74. The lowest BCUT2D eigenvalue weighted by Crippen LogP contribution is -2.30. The molecule has 2 rings (SSSR count). The van der Waals surface area contributed by atoms with Crippen molar-refractivity contribution >= 4 is 10.9 Å². The summed E-state index contributed by atoms with van der Waals surface area (Å²) in [5, 5.41) is 1.04. The molecule has 0 bridgehead atoms. The second-order valence-electron chi connectivity index (χ2n) is 4.98. The first kappa shape index (κ1) is 11.9. The van der Waals surface area contributed by atoms with Crippen molar-refractivity contribution in [3.8, 4) is 5.75 Å². The number of pyridine rings is 1. The van der Waals surface area contributed by atoms with Gasteiger partial charge in [-0.2, -0.15) is 0 Å². The molecule has 0 aliphatic carbocycles. The van der Waals surface area contributed by atoms with E-state index in [1.807, 2.05) is 30.3 Å². The first-order valence-corrected chi connectivity index (χ1v) is 5.79. The zero-order chi connectivity index (χ0) is 12.3. The Morgan fingerprint density at radius 2 is 2.06 bits per heavy atom. The molecular weight excluding hydrogens is 212 g/mol. The quantitative estimate of drug-likeness (QED) is 0.878. The maximum Gasteiger partial charge on any atom is 0.128 e. The molecule has 1 aromatic heterocycles. The van der Waals surface area contributed by atoms with Crippen LogP contribution in [-0.4, -0.2) is 18.1 Å². The molecule has 0 radical (unpaired) electrons. The van der Waals surface area contributed by atoms with E-state index in [0.717, 1.165) is 16.7 Å². The summed E-state index contributed by atoms with van der Waals surface area (Å²) in [7, 11) is 0. The minimum atomic E-state index is -0.00955. The van der Waals surface area contributed by atoms with Gasteiger partial charge in [-0.3, -0.25) is 4.98 Å². The Labute approximate surface area is 102 Å². The van der Waals surface area contributed by atoms with E-state index in [9.17, 15) is 0 Å². The Morgan fingerprint density at radius 1 is 1.24 bits per heavy atom. The Balaban J connectivity index is 2.24. The van der Waals surface area contributed by atoms with E-state index in [1.165, 1.54) is 0 Å². The molecule has 3 nitrogen and oxygen atoms in total. The molecule has 2 N–H and O–H groups in total. The number of hydrogen-bond acceptors (Lipinski definition) is 3. The van der Waals surface area contributed by atoms with E-state index >= 15 is 0 Å². The van der Waals surface area contributed by atoms with Gasteiger partial charge in [-0.15, -0.1) is 0 Å². The van der Waals surface area contributed by atoms with Gasteiger partial charge in [-0.1, -0.05) is 19.9 Å². The first-order chi connectivity index (χ1) is 8.12. The van der Waals surface area contributed by atoms with E-state index in [1.54, 1.807) is 6.20 Å². The number of fused-ring (bicyclic) bond motifs is 1. The van der Waals surface area contributed by atoms with Crippen LogP contribution in [0.25, 0.3) is 10.9 Å². The molecule has 0 aliphatic heterocycles. The van der Waals surface area contributed by atoms with Crippen LogP contribution in [0.3, 0.4) is 0 Å². The largest absolute Gasteiger partial charge is 0.492 e. The fraction of sp³-hybridized carbons (Fsp3) is 0.357. The third-order valence-electron chi connectivity index (χ3n) is 2.78. The van der Waals surface area contributed by atoms with Gasteiger partial charge in [0.05, 0.1) is 12.1 Å². The SMILES string of the molecule is CC(C)(CN)COc1cccc2ncccc12. The predicted molar refractivity (Wildman–Crippen MR) is 70.1 cm³/mol. The van der Waals surface area contributed by atoms with Gasteiger partial charge in [-0.25, -0.2) is 0 Å². The van der Waals surface area contributed by atoms with Crippen molar-refractivity contribution in [1.82, 2.24) is 4.98 Å². The molecule has 0 aliphatic rings. The number of rotatable bonds is 4. The van der Waals surface area contributed by atoms with E-state index in [0.29, 0.717) is 13.2 Å². The van der Waals surface area contributed by atoms with Crippen molar-refractivity contribution in [2.45, 2.75) is 13.8 Å². The monoisotopic (exact) mass is 230 g/mol. The molecule has 0 atom stereocenters. The van der Waals surface area contributed by atoms with Gasteiger partial charge < -0.3 is 10.5 Å². The Morgan fingerprint density at radius 3 is 2.82 bits per heavy atom. The molecule has 0 fully saturated rings. The van der Waals surface area contributed by atoms with Crippen LogP contribution >= 0.6 is 0 Å². The molecule has 17 heavy (non-hydrogen) atoms. The minimum absolute atomic E-state index is 0.00955. The molecule has 0 spiro atoms. The molecule has 0 saturated heterocycles. The molecule has 0 unspecified atom stereocenters. The number of hydrogen-bond donors (Lipinski definition) is 1. The van der Waals surface area contributed by atoms with Gasteiger partial charge in [0.15, 0.2) is 0 Å². The van der Waals surface area contributed by atoms with Gasteiger partial charge in [0, 0.05) is 23.5 Å². The molecule has 90 valence electrons. The summed E-state index contributed by atoms with van der Waals surface area (Å²) in [6, 6.07) is 9.85. The van der Waals surface area contributed by atoms with Crippen molar-refractivity contribution in [2.24, 2.45) is 11.1 Å². The van der Waals surface area contributed by atoms with Crippen molar-refractivity contribution in [3.63, 3.8) is 0 Å². The molecule has 0 saturated carbocycles. The first-order valence-electron chi connectivity index (χ1n) is 5.79. The molecule has 1 heterocycles. The maximum atomic E-state index is 5.85. The molecule has 3 heteroatoms. The lowest BCUT2D eigenvalue weighted by Gasteiger charge is -2.22. The maximum absolute atomic E-state index is 5.85. The predicted octanol–water partition coefficient (Wildman–Crippen LogP) is 2.60. The number of benzene rings is 1. The molecule has 2 aromatic rings. The fourth-order valence-corrected chi connectivity index (χ4v) is 1.53. The zero-order valence-corrected chi connectivity index (χ0v) is 10.3. The highest BCUT2D eigenvalue weighted by molar-refractivity contribution is 5.84. The lowest BCUT2D eigenvalue weighted by molar-refractivity contribution is 0.189. The summed E-state index contributed by atoms with van der Waals surface area (Å²) < 4.78 is 5.85. The normalized spacial score (nSPS) is 11.7. The highest BCUT2D eigenvalue weighted by atomic mass is 16.5. The average Bonchev–Trinajstić information content (AvgIpc) is 2.36. The second kappa shape index (κ2) is 4.72. The highest BCUT2D eigenvalue weighted by Gasteiger charge is 2.17. The van der Waals surface area contributed by atoms with Crippen LogP contribution in [-0.2, 0) is 0 Å². The van der Waals surface area contributed by atoms with Crippen LogP contribution in [0.1, 0.15) is 13.8 Å². The molecular formula is C14H18N2O. The van der Waals surface area contributed by atoms with E-state index in [4.69, 9.17) is 10.5 Å². The zero-order valence-electron chi connectivity index (χ0n) is 10.3. The standard InChI is InChI=1S/C14H18N2O/c1-14(2,9-15)10-17-13-7-3-6-12-11(13)5-4-8-16-12/h3-8H,9-10,15H2,1-2H3. The number of nitrogens with zero attached hydrogens (tertiary/aromatic N) is 1. The molecule has 1 aromatic carbocycles. The van der Waals surface area contributed by atoms with Crippen LogP contribution in [0.15, 0.2) is 36.5 Å². The van der Waals surface area contributed by atoms with Crippen LogP contribution in [0, 0.1) is 5.41 Å². The van der Waals surface area contributed by atoms with E-state index in [-0.39, 0.29) is 5.41 Å². The lowest BCUT2D eigenvalue weighted by atomic mass is 9.95. The van der Waals surface area contributed by atoms with Gasteiger partial charge in [0.25, 0.3) is 0 Å². The fourth-order valence-electron chi connectivity index (χ4n) is 1.53. The van der Waals surface area contributed by atoms with Gasteiger partial charge in [-0.05, 0) is 24.3 Å². The topological polar surface area (TPSA) is 48.1 Å². The summed E-state index contributed by atoms with van der Waals surface area (Å²) in [6.45, 7) is 5.40. The minimum Gasteiger partial charge on any atom is -0.492 e. The summed E-state index contributed by atoms with van der Waals surface area (Å²) >= 11 is 0. The van der Waals surface area contributed by atoms with Gasteiger partial charge in [0.2, 0.25) is 0 Å². The van der Waals surface area contributed by atoms with Crippen molar-refractivity contribution in [2.75, 3.05) is 13.2 Å².